The number of aliphatic imine (C=N–C) groups is 1. The van der Waals surface area contributed by atoms with E-state index in [9.17, 15) is 0 Å². The number of fused-ring (bicyclic) bond motifs is 1. The van der Waals surface area contributed by atoms with Gasteiger partial charge in [-0.3, -0.25) is 14.8 Å². The van der Waals surface area contributed by atoms with Gasteiger partial charge in [0.2, 0.25) is 0 Å². The Morgan fingerprint density at radius 1 is 1.30 bits per heavy atom. The summed E-state index contributed by atoms with van der Waals surface area (Å²) in [5, 5.41) is 5.82. The van der Waals surface area contributed by atoms with Crippen LogP contribution in [0, 0.1) is 0 Å². The smallest absolute Gasteiger partial charge is 0.193 e. The van der Waals surface area contributed by atoms with Crippen LogP contribution >= 0.6 is 35.3 Å². The summed E-state index contributed by atoms with van der Waals surface area (Å²) >= 11 is 1.91. The number of rotatable bonds is 4. The van der Waals surface area contributed by atoms with E-state index in [2.05, 4.69) is 36.5 Å². The lowest BCUT2D eigenvalue weighted by Gasteiger charge is -2.32. The van der Waals surface area contributed by atoms with Crippen LogP contribution in [0.1, 0.15) is 16.9 Å². The number of thiophene rings is 1. The van der Waals surface area contributed by atoms with Gasteiger partial charge < -0.3 is 15.0 Å². The molecule has 0 aliphatic carbocycles. The monoisotopic (exact) mass is 505 g/mol. The SMILES string of the molecule is CN=C(NCCN1CCc2sccc2C1)N1CCC(N2CCOCC2)C1.I. The lowest BCUT2D eigenvalue weighted by molar-refractivity contribution is 0.0195. The van der Waals surface area contributed by atoms with E-state index >= 15 is 0 Å². The van der Waals surface area contributed by atoms with E-state index in [1.54, 1.807) is 4.88 Å². The summed E-state index contributed by atoms with van der Waals surface area (Å²) in [6, 6.07) is 2.94. The van der Waals surface area contributed by atoms with Gasteiger partial charge in [0.15, 0.2) is 5.96 Å². The van der Waals surface area contributed by atoms with E-state index in [-0.39, 0.29) is 24.0 Å². The fourth-order valence-electron chi connectivity index (χ4n) is 4.33. The summed E-state index contributed by atoms with van der Waals surface area (Å²) < 4.78 is 5.49. The predicted molar refractivity (Wildman–Crippen MR) is 122 cm³/mol. The Bertz CT molecular complexity index is 619. The maximum absolute atomic E-state index is 5.49. The molecule has 4 rings (SSSR count). The second-order valence-corrected chi connectivity index (χ2v) is 8.41. The Balaban J connectivity index is 0.00000210. The van der Waals surface area contributed by atoms with Gasteiger partial charge in [0.25, 0.3) is 0 Å². The molecule has 0 amide bonds. The minimum absolute atomic E-state index is 0. The molecular formula is C19H32IN5OS. The molecule has 1 atom stereocenters. The quantitative estimate of drug-likeness (QED) is 0.384. The lowest BCUT2D eigenvalue weighted by atomic mass is 10.1. The molecule has 27 heavy (non-hydrogen) atoms. The number of ether oxygens (including phenoxy) is 1. The number of nitrogens with zero attached hydrogens (tertiary/aromatic N) is 4. The van der Waals surface area contributed by atoms with Crippen LogP contribution < -0.4 is 5.32 Å². The first-order valence-electron chi connectivity index (χ1n) is 9.88. The summed E-state index contributed by atoms with van der Waals surface area (Å²) in [5.74, 6) is 1.06. The number of likely N-dealkylation sites (tertiary alicyclic amines) is 1. The predicted octanol–water partition coefficient (Wildman–Crippen LogP) is 1.71. The van der Waals surface area contributed by atoms with Gasteiger partial charge in [0, 0.05) is 70.3 Å². The Labute approximate surface area is 184 Å². The van der Waals surface area contributed by atoms with Crippen molar-refractivity contribution in [3.8, 4) is 0 Å². The van der Waals surface area contributed by atoms with E-state index in [4.69, 9.17) is 4.74 Å². The van der Waals surface area contributed by atoms with Crippen molar-refractivity contribution in [2.45, 2.75) is 25.4 Å². The molecule has 4 heterocycles. The number of hydrogen-bond donors (Lipinski definition) is 1. The third-order valence-electron chi connectivity index (χ3n) is 5.83. The first-order valence-corrected chi connectivity index (χ1v) is 10.8. The molecule has 3 aliphatic heterocycles. The summed E-state index contributed by atoms with van der Waals surface area (Å²) in [7, 11) is 1.91. The Morgan fingerprint density at radius 3 is 2.96 bits per heavy atom. The van der Waals surface area contributed by atoms with E-state index in [1.165, 1.54) is 24.9 Å². The Hall–Kier alpha value is -0.420. The first kappa shape index (κ1) is 21.3. The van der Waals surface area contributed by atoms with Gasteiger partial charge in [0.05, 0.1) is 13.2 Å². The average Bonchev–Trinajstić information content (AvgIpc) is 3.35. The van der Waals surface area contributed by atoms with Gasteiger partial charge in [-0.2, -0.15) is 0 Å². The Morgan fingerprint density at radius 2 is 2.15 bits per heavy atom. The highest BCUT2D eigenvalue weighted by molar-refractivity contribution is 14.0. The zero-order valence-electron chi connectivity index (χ0n) is 16.2. The van der Waals surface area contributed by atoms with Gasteiger partial charge in [-0.15, -0.1) is 35.3 Å². The van der Waals surface area contributed by atoms with Crippen molar-refractivity contribution in [3.63, 3.8) is 0 Å². The molecule has 0 saturated carbocycles. The molecule has 0 aromatic carbocycles. The normalized spacial score (nSPS) is 24.6. The standard InChI is InChI=1S/C19H31N5OS.HI/c1-20-19(24-7-2-17(15-24)23-9-11-25-12-10-23)21-5-8-22-6-3-18-16(14-22)4-13-26-18;/h4,13,17H,2-3,5-12,14-15H2,1H3,(H,20,21);1H. The number of nitrogens with one attached hydrogen (secondary N) is 1. The summed E-state index contributed by atoms with van der Waals surface area (Å²) in [5.41, 5.74) is 1.53. The number of guanidine groups is 1. The van der Waals surface area contributed by atoms with Crippen molar-refractivity contribution >= 4 is 41.3 Å². The fourth-order valence-corrected chi connectivity index (χ4v) is 5.22. The minimum Gasteiger partial charge on any atom is -0.379 e. The van der Waals surface area contributed by atoms with Crippen LogP contribution in [0.3, 0.4) is 0 Å². The third kappa shape index (κ3) is 5.35. The molecule has 2 fully saturated rings. The van der Waals surface area contributed by atoms with E-state index in [0.717, 1.165) is 65.0 Å². The molecule has 1 unspecified atom stereocenters. The molecule has 8 heteroatoms. The van der Waals surface area contributed by atoms with Crippen LogP contribution in [0.4, 0.5) is 0 Å². The van der Waals surface area contributed by atoms with Crippen LogP contribution in [-0.2, 0) is 17.7 Å². The number of hydrogen-bond acceptors (Lipinski definition) is 5. The highest BCUT2D eigenvalue weighted by Crippen LogP contribution is 2.23. The van der Waals surface area contributed by atoms with Gasteiger partial charge in [-0.25, -0.2) is 0 Å². The van der Waals surface area contributed by atoms with Crippen molar-refractivity contribution in [2.24, 2.45) is 4.99 Å². The molecule has 3 aliphatic rings. The zero-order valence-corrected chi connectivity index (χ0v) is 19.4. The van der Waals surface area contributed by atoms with Crippen LogP contribution in [-0.4, -0.2) is 92.8 Å². The van der Waals surface area contributed by atoms with Crippen molar-refractivity contribution in [1.29, 1.82) is 0 Å². The summed E-state index contributed by atoms with van der Waals surface area (Å²) in [4.78, 5) is 13.7. The van der Waals surface area contributed by atoms with Gasteiger partial charge in [-0.05, 0) is 29.9 Å². The molecule has 0 bridgehead atoms. The molecule has 152 valence electrons. The van der Waals surface area contributed by atoms with E-state index in [1.807, 2.05) is 18.4 Å². The minimum atomic E-state index is 0. The second-order valence-electron chi connectivity index (χ2n) is 7.41. The zero-order chi connectivity index (χ0) is 17.8. The molecular weight excluding hydrogens is 473 g/mol. The maximum Gasteiger partial charge on any atom is 0.193 e. The first-order chi connectivity index (χ1) is 12.8. The van der Waals surface area contributed by atoms with E-state index in [0.29, 0.717) is 6.04 Å². The second kappa shape index (κ2) is 10.4. The largest absolute Gasteiger partial charge is 0.379 e. The Kier molecular flexibility index (Phi) is 8.19. The van der Waals surface area contributed by atoms with Crippen molar-refractivity contribution in [3.05, 3.63) is 21.9 Å². The van der Waals surface area contributed by atoms with Crippen LogP contribution in [0.2, 0.25) is 0 Å². The van der Waals surface area contributed by atoms with E-state index < -0.39 is 0 Å². The number of morpholine rings is 1. The van der Waals surface area contributed by atoms with Crippen LogP contribution in [0.15, 0.2) is 16.4 Å². The summed E-state index contributed by atoms with van der Waals surface area (Å²) in [6.45, 7) is 10.4. The lowest BCUT2D eigenvalue weighted by Crippen LogP contribution is -2.47. The van der Waals surface area contributed by atoms with Crippen LogP contribution in [0.25, 0.3) is 0 Å². The molecule has 0 radical (unpaired) electrons. The molecule has 1 aromatic rings. The average molecular weight is 505 g/mol. The number of halogens is 1. The maximum atomic E-state index is 5.49. The molecule has 1 N–H and O–H groups in total. The topological polar surface area (TPSA) is 43.3 Å². The fraction of sp³-hybridized carbons (Fsp3) is 0.737. The third-order valence-corrected chi connectivity index (χ3v) is 6.86. The van der Waals surface area contributed by atoms with Crippen molar-refractivity contribution in [2.75, 3.05) is 66.1 Å². The van der Waals surface area contributed by atoms with Crippen LogP contribution in [0.5, 0.6) is 0 Å². The molecule has 6 nitrogen and oxygen atoms in total. The summed E-state index contributed by atoms with van der Waals surface area (Å²) in [6.07, 6.45) is 2.43. The van der Waals surface area contributed by atoms with Gasteiger partial charge in [0.1, 0.15) is 0 Å². The molecule has 0 spiro atoms. The van der Waals surface area contributed by atoms with Crippen molar-refractivity contribution in [1.82, 2.24) is 20.0 Å². The highest BCUT2D eigenvalue weighted by atomic mass is 127. The van der Waals surface area contributed by atoms with Gasteiger partial charge in [-0.1, -0.05) is 0 Å². The van der Waals surface area contributed by atoms with Crippen molar-refractivity contribution < 1.29 is 4.74 Å². The highest BCUT2D eigenvalue weighted by Gasteiger charge is 2.30. The molecule has 1 aromatic heterocycles. The van der Waals surface area contributed by atoms with Gasteiger partial charge >= 0.3 is 0 Å². The molecule has 2 saturated heterocycles.